The van der Waals surface area contributed by atoms with Gasteiger partial charge in [-0.15, -0.1) is 0 Å². The molecule has 3 rings (SSSR count). The Kier molecular flexibility index (Phi) is 6.83. The average Bonchev–Trinajstić information content (AvgIpc) is 2.75. The highest BCUT2D eigenvalue weighted by molar-refractivity contribution is 7.91. The molecule has 1 aliphatic carbocycles. The predicted molar refractivity (Wildman–Crippen MR) is 107 cm³/mol. The second kappa shape index (κ2) is 9.52. The Morgan fingerprint density at radius 2 is 1.86 bits per heavy atom. The van der Waals surface area contributed by atoms with E-state index in [1.54, 1.807) is 30.3 Å². The number of amides is 1. The van der Waals surface area contributed by atoms with Gasteiger partial charge in [0.05, 0.1) is 16.2 Å². The molecule has 0 unspecified atom stereocenters. The fourth-order valence-corrected chi connectivity index (χ4v) is 4.55. The molecule has 0 atom stereocenters. The van der Waals surface area contributed by atoms with E-state index < -0.39 is 9.84 Å². The van der Waals surface area contributed by atoms with Crippen molar-refractivity contribution in [3.8, 4) is 11.9 Å². The Morgan fingerprint density at radius 3 is 2.48 bits per heavy atom. The number of nitrogens with zero attached hydrogens (tertiary/aromatic N) is 2. The Labute approximate surface area is 170 Å². The van der Waals surface area contributed by atoms with E-state index in [9.17, 15) is 13.2 Å². The van der Waals surface area contributed by atoms with Crippen LogP contribution in [0.1, 0.15) is 37.7 Å². The smallest absolute Gasteiger partial charge is 0.221 e. The van der Waals surface area contributed by atoms with Crippen LogP contribution in [0.25, 0.3) is 0 Å². The summed E-state index contributed by atoms with van der Waals surface area (Å²) in [6, 6.07) is 13.5. The number of hydrogen-bond acceptors (Lipinski definition) is 6. The summed E-state index contributed by atoms with van der Waals surface area (Å²) in [5.41, 5.74) is 0.484. The number of aromatic nitrogens is 1. The van der Waals surface area contributed by atoms with Crippen molar-refractivity contribution in [1.82, 2.24) is 10.3 Å². The minimum Gasteiger partial charge on any atom is -0.474 e. The van der Waals surface area contributed by atoms with E-state index in [2.05, 4.69) is 10.3 Å². The van der Waals surface area contributed by atoms with Gasteiger partial charge in [-0.1, -0.05) is 18.2 Å². The summed E-state index contributed by atoms with van der Waals surface area (Å²) in [6.45, 7) is 0. The number of hydrogen-bond donors (Lipinski definition) is 1. The van der Waals surface area contributed by atoms with Crippen molar-refractivity contribution in [2.75, 3.05) is 5.75 Å². The zero-order chi connectivity index (χ0) is 20.7. The molecule has 1 aromatic carbocycles. The molecule has 2 aromatic rings. The van der Waals surface area contributed by atoms with Crippen molar-refractivity contribution in [3.63, 3.8) is 0 Å². The molecule has 1 aliphatic rings. The third-order valence-corrected chi connectivity index (χ3v) is 6.62. The van der Waals surface area contributed by atoms with Gasteiger partial charge in [0.1, 0.15) is 12.2 Å². The van der Waals surface area contributed by atoms with Gasteiger partial charge in [-0.05, 0) is 43.9 Å². The van der Waals surface area contributed by atoms with E-state index >= 15 is 0 Å². The number of nitriles is 1. The SMILES string of the molecule is N#Cc1ccc(OC2CCC(NC(=O)CCS(=O)(=O)c3ccccc3)CC2)nc1. The standard InChI is InChI=1S/C21H23N3O4S/c22-14-16-6-11-21(23-15-16)28-18-9-7-17(8-10-18)24-20(25)12-13-29(26,27)19-4-2-1-3-5-19/h1-6,11,15,17-18H,7-10,12-13H2,(H,24,25). The highest BCUT2D eigenvalue weighted by Gasteiger charge is 2.24. The number of benzene rings is 1. The van der Waals surface area contributed by atoms with Crippen LogP contribution in [-0.4, -0.2) is 37.2 Å². The molecule has 1 aromatic heterocycles. The molecule has 1 heterocycles. The summed E-state index contributed by atoms with van der Waals surface area (Å²) >= 11 is 0. The van der Waals surface area contributed by atoms with Crippen LogP contribution in [0.4, 0.5) is 0 Å². The third kappa shape index (κ3) is 6.03. The normalized spacial score (nSPS) is 19.1. The number of rotatable bonds is 7. The molecule has 0 saturated heterocycles. The number of carbonyl (C=O) groups is 1. The van der Waals surface area contributed by atoms with Gasteiger partial charge < -0.3 is 10.1 Å². The maximum atomic E-state index is 12.3. The molecule has 0 bridgehead atoms. The van der Waals surface area contributed by atoms with Crippen LogP contribution in [-0.2, 0) is 14.6 Å². The van der Waals surface area contributed by atoms with Gasteiger partial charge in [-0.25, -0.2) is 13.4 Å². The lowest BCUT2D eigenvalue weighted by Crippen LogP contribution is -2.40. The fraction of sp³-hybridized carbons (Fsp3) is 0.381. The summed E-state index contributed by atoms with van der Waals surface area (Å²) in [7, 11) is -3.45. The lowest BCUT2D eigenvalue weighted by molar-refractivity contribution is -0.121. The van der Waals surface area contributed by atoms with E-state index in [0.29, 0.717) is 11.4 Å². The zero-order valence-electron chi connectivity index (χ0n) is 16.0. The van der Waals surface area contributed by atoms with Crippen LogP contribution in [0.3, 0.4) is 0 Å². The monoisotopic (exact) mass is 413 g/mol. The fourth-order valence-electron chi connectivity index (χ4n) is 3.28. The summed E-state index contributed by atoms with van der Waals surface area (Å²) in [5, 5.41) is 11.7. The maximum Gasteiger partial charge on any atom is 0.221 e. The van der Waals surface area contributed by atoms with E-state index in [0.717, 1.165) is 25.7 Å². The number of nitrogens with one attached hydrogen (secondary N) is 1. The maximum absolute atomic E-state index is 12.3. The largest absolute Gasteiger partial charge is 0.474 e. The second-order valence-electron chi connectivity index (χ2n) is 7.04. The van der Waals surface area contributed by atoms with Gasteiger partial charge in [0.15, 0.2) is 9.84 Å². The molecule has 0 radical (unpaired) electrons. The third-order valence-electron chi connectivity index (χ3n) is 4.89. The molecular weight excluding hydrogens is 390 g/mol. The molecular formula is C21H23N3O4S. The molecule has 0 spiro atoms. The van der Waals surface area contributed by atoms with Crippen LogP contribution in [0.2, 0.25) is 0 Å². The van der Waals surface area contributed by atoms with Crippen molar-refractivity contribution in [3.05, 3.63) is 54.2 Å². The first-order chi connectivity index (χ1) is 14.0. The van der Waals surface area contributed by atoms with Gasteiger partial charge >= 0.3 is 0 Å². The van der Waals surface area contributed by atoms with Gasteiger partial charge in [0.2, 0.25) is 11.8 Å². The molecule has 1 saturated carbocycles. The Morgan fingerprint density at radius 1 is 1.14 bits per heavy atom. The number of ether oxygens (including phenoxy) is 1. The predicted octanol–water partition coefficient (Wildman–Crippen LogP) is 2.62. The Bertz CT molecular complexity index is 961. The van der Waals surface area contributed by atoms with Gasteiger partial charge in [0.25, 0.3) is 0 Å². The van der Waals surface area contributed by atoms with Gasteiger partial charge in [-0.3, -0.25) is 4.79 Å². The molecule has 1 N–H and O–H groups in total. The highest BCUT2D eigenvalue weighted by atomic mass is 32.2. The lowest BCUT2D eigenvalue weighted by atomic mass is 9.93. The molecule has 152 valence electrons. The highest BCUT2D eigenvalue weighted by Crippen LogP contribution is 2.23. The minimum atomic E-state index is -3.45. The van der Waals surface area contributed by atoms with Crippen molar-refractivity contribution in [1.29, 1.82) is 5.26 Å². The van der Waals surface area contributed by atoms with Crippen molar-refractivity contribution < 1.29 is 17.9 Å². The van der Waals surface area contributed by atoms with E-state index in [1.165, 1.54) is 18.3 Å². The van der Waals surface area contributed by atoms with Gasteiger partial charge in [0, 0.05) is 24.7 Å². The number of pyridine rings is 1. The molecule has 7 nitrogen and oxygen atoms in total. The molecule has 8 heteroatoms. The quantitative estimate of drug-likeness (QED) is 0.747. The summed E-state index contributed by atoms with van der Waals surface area (Å²) < 4.78 is 30.4. The topological polar surface area (TPSA) is 109 Å². The van der Waals surface area contributed by atoms with Crippen LogP contribution >= 0.6 is 0 Å². The molecule has 1 fully saturated rings. The van der Waals surface area contributed by atoms with Crippen molar-refractivity contribution in [2.45, 2.75) is 49.1 Å². The van der Waals surface area contributed by atoms with E-state index in [4.69, 9.17) is 10.00 Å². The van der Waals surface area contributed by atoms with Crippen LogP contribution in [0, 0.1) is 11.3 Å². The molecule has 0 aliphatic heterocycles. The molecule has 29 heavy (non-hydrogen) atoms. The first kappa shape index (κ1) is 20.8. The van der Waals surface area contributed by atoms with E-state index in [-0.39, 0.29) is 35.1 Å². The van der Waals surface area contributed by atoms with Crippen molar-refractivity contribution in [2.24, 2.45) is 0 Å². The van der Waals surface area contributed by atoms with Gasteiger partial charge in [-0.2, -0.15) is 5.26 Å². The summed E-state index contributed by atoms with van der Waals surface area (Å²) in [5.74, 6) is 0.0382. The van der Waals surface area contributed by atoms with Crippen LogP contribution in [0.5, 0.6) is 5.88 Å². The Balaban J connectivity index is 1.41. The first-order valence-corrected chi connectivity index (χ1v) is 11.2. The minimum absolute atomic E-state index is 0.0158. The van der Waals surface area contributed by atoms with Crippen LogP contribution in [0.15, 0.2) is 53.6 Å². The van der Waals surface area contributed by atoms with Crippen LogP contribution < -0.4 is 10.1 Å². The lowest BCUT2D eigenvalue weighted by Gasteiger charge is -2.29. The zero-order valence-corrected chi connectivity index (χ0v) is 16.8. The molecule has 1 amide bonds. The Hall–Kier alpha value is -2.92. The summed E-state index contributed by atoms with van der Waals surface area (Å²) in [4.78, 5) is 16.5. The van der Waals surface area contributed by atoms with Crippen molar-refractivity contribution >= 4 is 15.7 Å². The number of carbonyl (C=O) groups excluding carboxylic acids is 1. The number of sulfone groups is 1. The first-order valence-electron chi connectivity index (χ1n) is 9.56. The van der Waals surface area contributed by atoms with E-state index in [1.807, 2.05) is 6.07 Å². The average molecular weight is 413 g/mol. The summed E-state index contributed by atoms with van der Waals surface area (Å²) in [6.07, 6.45) is 4.51. The second-order valence-corrected chi connectivity index (χ2v) is 9.15.